The molecule has 3 heterocycles. The highest BCUT2D eigenvalue weighted by atomic mass is 35.5. The molecule has 2 bridgehead atoms. The van der Waals surface area contributed by atoms with E-state index in [1.165, 1.54) is 35.1 Å². The summed E-state index contributed by atoms with van der Waals surface area (Å²) in [5.41, 5.74) is 3.12. The molecule has 9 nitrogen and oxygen atoms in total. The normalized spacial score (nSPS) is 17.0. The Morgan fingerprint density at radius 1 is 1.17 bits per heavy atom. The number of anilines is 1. The molecule has 3 N–H and O–H groups in total. The molecule has 0 unspecified atom stereocenters. The summed E-state index contributed by atoms with van der Waals surface area (Å²) in [6.07, 6.45) is 4.65. The Kier molecular flexibility index (Phi) is 7.85. The highest BCUT2D eigenvalue weighted by Gasteiger charge is 2.25. The Labute approximate surface area is 240 Å². The van der Waals surface area contributed by atoms with Crippen molar-refractivity contribution in [2.75, 3.05) is 5.32 Å². The Balaban J connectivity index is 1.51. The molecule has 4 aromatic rings. The number of aromatic nitrogens is 3. The molecule has 0 aliphatic carbocycles. The van der Waals surface area contributed by atoms with Gasteiger partial charge in [0.15, 0.2) is 5.82 Å². The van der Waals surface area contributed by atoms with E-state index in [0.717, 1.165) is 0 Å². The summed E-state index contributed by atoms with van der Waals surface area (Å²) in [7, 11) is 0. The number of halogens is 2. The molecule has 2 aromatic carbocycles. The van der Waals surface area contributed by atoms with Crippen LogP contribution in [0.5, 0.6) is 0 Å². The largest absolute Gasteiger partial charge is 0.478 e. The van der Waals surface area contributed by atoms with E-state index in [1.54, 1.807) is 37.4 Å². The molecule has 0 spiro atoms. The molecule has 0 saturated carbocycles. The molecule has 210 valence electrons. The average molecular weight is 576 g/mol. The standard InChI is InChI=1S/C30H27ClFN5O4/c1-16-5-3-7-24(36-29(39)21-15-34-37(17(21)2)26-8-4-6-22(31)27(26)32)25-14-18(11-12-33-25)20-13-19(30(40)41)9-10-23(20)35-28(16)38/h4,6,8-16,24H,3,5,7H2,1-2H3,(H,35,38)(H,36,39)(H,40,41)/t16-,24-/m0/s1. The van der Waals surface area contributed by atoms with Crippen LogP contribution in [0.3, 0.4) is 0 Å². The molecule has 1 aliphatic heterocycles. The number of benzene rings is 2. The van der Waals surface area contributed by atoms with Crippen LogP contribution in [0.25, 0.3) is 16.8 Å². The first-order valence-corrected chi connectivity index (χ1v) is 13.5. The van der Waals surface area contributed by atoms with E-state index in [2.05, 4.69) is 20.7 Å². The first kappa shape index (κ1) is 28.0. The fourth-order valence-corrected chi connectivity index (χ4v) is 5.08. The lowest BCUT2D eigenvalue weighted by molar-refractivity contribution is -0.119. The number of hydrogen-bond donors (Lipinski definition) is 3. The highest BCUT2D eigenvalue weighted by Crippen LogP contribution is 2.33. The number of fused-ring (bicyclic) bond motifs is 4. The molecule has 1 aliphatic rings. The third-order valence-electron chi connectivity index (χ3n) is 7.27. The zero-order valence-electron chi connectivity index (χ0n) is 22.3. The van der Waals surface area contributed by atoms with Crippen LogP contribution in [0, 0.1) is 18.7 Å². The number of carboxylic acids is 1. The van der Waals surface area contributed by atoms with Gasteiger partial charge in [0.2, 0.25) is 5.91 Å². The van der Waals surface area contributed by atoms with E-state index in [-0.39, 0.29) is 33.7 Å². The number of rotatable bonds is 4. The predicted molar refractivity (Wildman–Crippen MR) is 152 cm³/mol. The molecular formula is C30H27ClFN5O4. The predicted octanol–water partition coefficient (Wildman–Crippen LogP) is 5.96. The second kappa shape index (κ2) is 11.5. The molecule has 41 heavy (non-hydrogen) atoms. The van der Waals surface area contributed by atoms with Gasteiger partial charge >= 0.3 is 5.97 Å². The summed E-state index contributed by atoms with van der Waals surface area (Å²) >= 11 is 5.94. The van der Waals surface area contributed by atoms with Crippen LogP contribution in [0.4, 0.5) is 10.1 Å². The molecule has 2 aromatic heterocycles. The van der Waals surface area contributed by atoms with Crippen molar-refractivity contribution in [1.29, 1.82) is 0 Å². The van der Waals surface area contributed by atoms with Crippen molar-refractivity contribution in [3.63, 3.8) is 0 Å². The van der Waals surface area contributed by atoms with Gasteiger partial charge in [-0.15, -0.1) is 0 Å². The minimum absolute atomic E-state index is 0.0532. The maximum absolute atomic E-state index is 14.7. The van der Waals surface area contributed by atoms with E-state index in [4.69, 9.17) is 11.6 Å². The van der Waals surface area contributed by atoms with Crippen LogP contribution in [0.15, 0.2) is 60.9 Å². The topological polar surface area (TPSA) is 126 Å². The van der Waals surface area contributed by atoms with Crippen molar-refractivity contribution in [3.05, 3.63) is 94.3 Å². The lowest BCUT2D eigenvalue weighted by Gasteiger charge is -2.22. The number of carboxylic acid groups (broad SMARTS) is 1. The lowest BCUT2D eigenvalue weighted by atomic mass is 9.94. The quantitative estimate of drug-likeness (QED) is 0.275. The third kappa shape index (κ3) is 5.69. The Bertz CT molecular complexity index is 1670. The summed E-state index contributed by atoms with van der Waals surface area (Å²) in [5.74, 6) is -2.65. The number of hydrogen-bond acceptors (Lipinski definition) is 5. The number of carbonyl (C=O) groups excluding carboxylic acids is 2. The van der Waals surface area contributed by atoms with Gasteiger partial charge in [-0.25, -0.2) is 13.9 Å². The highest BCUT2D eigenvalue weighted by molar-refractivity contribution is 6.30. The van der Waals surface area contributed by atoms with Gasteiger partial charge in [0, 0.05) is 23.4 Å². The molecule has 0 saturated heterocycles. The lowest BCUT2D eigenvalue weighted by Crippen LogP contribution is -2.30. The molecule has 0 radical (unpaired) electrons. The van der Waals surface area contributed by atoms with Crippen molar-refractivity contribution in [2.24, 2.45) is 5.92 Å². The molecule has 2 amide bonds. The number of carbonyl (C=O) groups is 3. The van der Waals surface area contributed by atoms with Crippen LogP contribution in [0.1, 0.15) is 64.3 Å². The Hall–Kier alpha value is -4.57. The maximum Gasteiger partial charge on any atom is 0.335 e. The Morgan fingerprint density at radius 3 is 2.76 bits per heavy atom. The van der Waals surface area contributed by atoms with Crippen molar-refractivity contribution in [2.45, 2.75) is 39.2 Å². The van der Waals surface area contributed by atoms with Crippen LogP contribution >= 0.6 is 11.6 Å². The summed E-state index contributed by atoms with van der Waals surface area (Å²) in [6, 6.07) is 12.1. The summed E-state index contributed by atoms with van der Waals surface area (Å²) in [6.45, 7) is 3.49. The maximum atomic E-state index is 14.7. The third-order valence-corrected chi connectivity index (χ3v) is 7.56. The average Bonchev–Trinajstić information content (AvgIpc) is 3.34. The summed E-state index contributed by atoms with van der Waals surface area (Å²) in [5, 5.41) is 19.7. The van der Waals surface area contributed by atoms with Crippen molar-refractivity contribution in [3.8, 4) is 16.8 Å². The molecule has 5 rings (SSSR count). The van der Waals surface area contributed by atoms with Gasteiger partial charge in [0.1, 0.15) is 5.69 Å². The minimum atomic E-state index is -1.09. The number of pyridine rings is 1. The van der Waals surface area contributed by atoms with Gasteiger partial charge in [-0.1, -0.05) is 31.0 Å². The van der Waals surface area contributed by atoms with E-state index >= 15 is 0 Å². The number of nitrogens with one attached hydrogen (secondary N) is 2. The number of amides is 2. The zero-order chi connectivity index (χ0) is 29.3. The van der Waals surface area contributed by atoms with Gasteiger partial charge < -0.3 is 15.7 Å². The first-order chi connectivity index (χ1) is 19.6. The van der Waals surface area contributed by atoms with Crippen LogP contribution in [-0.2, 0) is 4.79 Å². The monoisotopic (exact) mass is 575 g/mol. The Morgan fingerprint density at radius 2 is 1.98 bits per heavy atom. The fraction of sp³-hybridized carbons (Fsp3) is 0.233. The van der Waals surface area contributed by atoms with Gasteiger partial charge in [0.05, 0.1) is 39.8 Å². The van der Waals surface area contributed by atoms with Crippen LogP contribution < -0.4 is 10.6 Å². The number of nitrogens with zero attached hydrogens (tertiary/aromatic N) is 3. The first-order valence-electron chi connectivity index (χ1n) is 13.1. The summed E-state index contributed by atoms with van der Waals surface area (Å²) in [4.78, 5) is 42.6. The van der Waals surface area contributed by atoms with E-state index in [1.807, 2.05) is 6.92 Å². The molecule has 0 fully saturated rings. The smallest absolute Gasteiger partial charge is 0.335 e. The summed E-state index contributed by atoms with van der Waals surface area (Å²) < 4.78 is 16.0. The second-order valence-corrected chi connectivity index (χ2v) is 10.4. The van der Waals surface area contributed by atoms with E-state index < -0.39 is 23.7 Å². The zero-order valence-corrected chi connectivity index (χ0v) is 23.1. The molecule has 11 heteroatoms. The van der Waals surface area contributed by atoms with Gasteiger partial charge in [0.25, 0.3) is 5.91 Å². The fourth-order valence-electron chi connectivity index (χ4n) is 4.91. The molecule has 2 atom stereocenters. The molecular weight excluding hydrogens is 549 g/mol. The van der Waals surface area contributed by atoms with E-state index in [0.29, 0.717) is 47.5 Å². The van der Waals surface area contributed by atoms with Gasteiger partial charge in [-0.2, -0.15) is 5.10 Å². The van der Waals surface area contributed by atoms with Gasteiger partial charge in [-0.3, -0.25) is 14.6 Å². The number of aromatic carboxylic acids is 1. The SMILES string of the molecule is Cc1c(C(=O)N[C@H]2CCC[C@H](C)C(=O)Nc3ccc(C(=O)O)cc3-c3ccnc2c3)cnn1-c1cccc(Cl)c1F. The van der Waals surface area contributed by atoms with Crippen LogP contribution in [0.2, 0.25) is 5.02 Å². The van der Waals surface area contributed by atoms with Gasteiger partial charge in [-0.05, 0) is 67.8 Å². The van der Waals surface area contributed by atoms with Crippen molar-refractivity contribution >= 4 is 35.1 Å². The van der Waals surface area contributed by atoms with Crippen molar-refractivity contribution in [1.82, 2.24) is 20.1 Å². The van der Waals surface area contributed by atoms with Crippen LogP contribution in [-0.4, -0.2) is 37.7 Å². The van der Waals surface area contributed by atoms with E-state index in [9.17, 15) is 23.9 Å². The minimum Gasteiger partial charge on any atom is -0.478 e. The van der Waals surface area contributed by atoms with Crippen molar-refractivity contribution < 1.29 is 23.9 Å². The second-order valence-electron chi connectivity index (χ2n) is 10.0.